The van der Waals surface area contributed by atoms with Gasteiger partial charge in [0, 0.05) is 10.4 Å². The Kier molecular flexibility index (Phi) is 3.58. The molecule has 0 spiro atoms. The predicted octanol–water partition coefficient (Wildman–Crippen LogP) is 3.15. The molecular formula is C9H7BrClN. The van der Waals surface area contributed by atoms with Crippen LogP contribution in [0.2, 0.25) is 5.02 Å². The summed E-state index contributed by atoms with van der Waals surface area (Å²) in [5.41, 5.74) is 1.69. The number of halogens is 2. The van der Waals surface area contributed by atoms with Crippen molar-refractivity contribution in [1.82, 2.24) is 0 Å². The van der Waals surface area contributed by atoms with Gasteiger partial charge in [0.05, 0.1) is 11.6 Å². The van der Waals surface area contributed by atoms with Gasteiger partial charge in [-0.15, -0.1) is 0 Å². The van der Waals surface area contributed by atoms with Gasteiger partial charge in [-0.3, -0.25) is 0 Å². The van der Waals surface area contributed by atoms with Crippen LogP contribution in [0.5, 0.6) is 0 Å². The fourth-order valence-corrected chi connectivity index (χ4v) is 1.62. The van der Waals surface area contributed by atoms with E-state index >= 15 is 0 Å². The van der Waals surface area contributed by atoms with Crippen LogP contribution in [0.3, 0.4) is 0 Å². The van der Waals surface area contributed by atoms with Gasteiger partial charge in [0.15, 0.2) is 0 Å². The number of rotatable bonds is 2. The van der Waals surface area contributed by atoms with Crippen molar-refractivity contribution < 1.29 is 0 Å². The maximum Gasteiger partial charge on any atom is 0.0992 e. The standard InChI is InChI=1S/C9H7BrClN/c10-4-3-8-2-1-7(6-12)5-9(8)11/h1-2,5H,3-4H2. The zero-order chi connectivity index (χ0) is 8.97. The van der Waals surface area contributed by atoms with Gasteiger partial charge < -0.3 is 0 Å². The lowest BCUT2D eigenvalue weighted by Gasteiger charge is -2.00. The van der Waals surface area contributed by atoms with Gasteiger partial charge in [0.2, 0.25) is 0 Å². The average Bonchev–Trinajstić information content (AvgIpc) is 2.09. The average molecular weight is 245 g/mol. The number of benzene rings is 1. The van der Waals surface area contributed by atoms with Gasteiger partial charge in [-0.1, -0.05) is 33.6 Å². The molecule has 0 amide bonds. The molecule has 0 saturated heterocycles. The van der Waals surface area contributed by atoms with Gasteiger partial charge in [0.1, 0.15) is 0 Å². The van der Waals surface area contributed by atoms with Crippen LogP contribution in [0.4, 0.5) is 0 Å². The van der Waals surface area contributed by atoms with Crippen molar-refractivity contribution in [2.45, 2.75) is 6.42 Å². The van der Waals surface area contributed by atoms with E-state index < -0.39 is 0 Å². The molecule has 0 bridgehead atoms. The second-order valence-electron chi connectivity index (χ2n) is 2.36. The Bertz CT molecular complexity index is 317. The zero-order valence-corrected chi connectivity index (χ0v) is 8.69. The van der Waals surface area contributed by atoms with Crippen LogP contribution >= 0.6 is 27.5 Å². The van der Waals surface area contributed by atoms with Crippen LogP contribution in [-0.2, 0) is 6.42 Å². The SMILES string of the molecule is N#Cc1ccc(CCBr)c(Cl)c1. The van der Waals surface area contributed by atoms with E-state index in [2.05, 4.69) is 15.9 Å². The van der Waals surface area contributed by atoms with Crippen molar-refractivity contribution in [1.29, 1.82) is 5.26 Å². The molecular weight excluding hydrogens is 237 g/mol. The molecule has 1 aromatic carbocycles. The monoisotopic (exact) mass is 243 g/mol. The molecule has 62 valence electrons. The Hall–Kier alpha value is -0.520. The molecule has 1 aromatic rings. The first-order chi connectivity index (χ1) is 5.77. The van der Waals surface area contributed by atoms with E-state index in [-0.39, 0.29) is 0 Å². The fraction of sp³-hybridized carbons (Fsp3) is 0.222. The molecule has 0 aliphatic rings. The molecule has 0 aromatic heterocycles. The second kappa shape index (κ2) is 4.49. The highest BCUT2D eigenvalue weighted by Crippen LogP contribution is 2.18. The summed E-state index contributed by atoms with van der Waals surface area (Å²) < 4.78 is 0. The quantitative estimate of drug-likeness (QED) is 0.733. The summed E-state index contributed by atoms with van der Waals surface area (Å²) in [4.78, 5) is 0. The van der Waals surface area contributed by atoms with E-state index in [1.807, 2.05) is 12.1 Å². The summed E-state index contributed by atoms with van der Waals surface area (Å²) in [7, 11) is 0. The molecule has 1 rings (SSSR count). The van der Waals surface area contributed by atoms with E-state index in [9.17, 15) is 0 Å². The third kappa shape index (κ3) is 2.23. The summed E-state index contributed by atoms with van der Waals surface area (Å²) in [6, 6.07) is 7.41. The molecule has 0 saturated carbocycles. The van der Waals surface area contributed by atoms with Gasteiger partial charge in [-0.25, -0.2) is 0 Å². The van der Waals surface area contributed by atoms with E-state index in [1.165, 1.54) is 0 Å². The lowest BCUT2D eigenvalue weighted by molar-refractivity contribution is 1.17. The molecule has 0 heterocycles. The number of aryl methyl sites for hydroxylation is 1. The van der Waals surface area contributed by atoms with Crippen LogP contribution in [0.15, 0.2) is 18.2 Å². The number of alkyl halides is 1. The largest absolute Gasteiger partial charge is 0.192 e. The molecule has 0 atom stereocenters. The highest BCUT2D eigenvalue weighted by molar-refractivity contribution is 9.09. The molecule has 0 radical (unpaired) electrons. The van der Waals surface area contributed by atoms with E-state index in [0.29, 0.717) is 10.6 Å². The van der Waals surface area contributed by atoms with Crippen molar-refractivity contribution in [3.8, 4) is 6.07 Å². The number of hydrogen-bond donors (Lipinski definition) is 0. The van der Waals surface area contributed by atoms with Gasteiger partial charge in [-0.2, -0.15) is 5.26 Å². The van der Waals surface area contributed by atoms with Crippen molar-refractivity contribution in [3.05, 3.63) is 34.3 Å². The third-order valence-electron chi connectivity index (χ3n) is 1.55. The van der Waals surface area contributed by atoms with Crippen LogP contribution in [0.25, 0.3) is 0 Å². The maximum atomic E-state index is 8.56. The lowest BCUT2D eigenvalue weighted by Crippen LogP contribution is -1.87. The Balaban J connectivity index is 2.97. The van der Waals surface area contributed by atoms with Gasteiger partial charge in [0.25, 0.3) is 0 Å². The molecule has 0 aliphatic heterocycles. The molecule has 0 aliphatic carbocycles. The molecule has 1 nitrogen and oxygen atoms in total. The Morgan fingerprint density at radius 2 is 2.25 bits per heavy atom. The second-order valence-corrected chi connectivity index (χ2v) is 3.56. The number of nitrogens with zero attached hydrogens (tertiary/aromatic N) is 1. The van der Waals surface area contributed by atoms with Crippen molar-refractivity contribution in [2.24, 2.45) is 0 Å². The minimum Gasteiger partial charge on any atom is -0.192 e. The topological polar surface area (TPSA) is 23.8 Å². The molecule has 12 heavy (non-hydrogen) atoms. The molecule has 0 unspecified atom stereocenters. The van der Waals surface area contributed by atoms with Crippen LogP contribution < -0.4 is 0 Å². The predicted molar refractivity (Wildman–Crippen MR) is 53.7 cm³/mol. The summed E-state index contributed by atoms with van der Waals surface area (Å²) in [6.07, 6.45) is 0.893. The lowest BCUT2D eigenvalue weighted by atomic mass is 10.1. The zero-order valence-electron chi connectivity index (χ0n) is 6.35. The van der Waals surface area contributed by atoms with Crippen molar-refractivity contribution in [2.75, 3.05) is 5.33 Å². The highest BCUT2D eigenvalue weighted by Gasteiger charge is 1.99. The minimum absolute atomic E-state index is 0.610. The van der Waals surface area contributed by atoms with E-state index in [4.69, 9.17) is 16.9 Å². The normalized spacial score (nSPS) is 9.42. The summed E-state index contributed by atoms with van der Waals surface area (Å²) >= 11 is 9.25. The smallest absolute Gasteiger partial charge is 0.0992 e. The first kappa shape index (κ1) is 9.57. The number of nitriles is 1. The summed E-state index contributed by atoms with van der Waals surface area (Å²) in [6.45, 7) is 0. The van der Waals surface area contributed by atoms with E-state index in [1.54, 1.807) is 12.1 Å². The third-order valence-corrected chi connectivity index (χ3v) is 2.29. The molecule has 0 fully saturated rings. The van der Waals surface area contributed by atoms with Crippen molar-refractivity contribution in [3.63, 3.8) is 0 Å². The maximum absolute atomic E-state index is 8.56. The van der Waals surface area contributed by atoms with Crippen LogP contribution in [0.1, 0.15) is 11.1 Å². The fourth-order valence-electron chi connectivity index (χ4n) is 0.921. The molecule has 0 N–H and O–H groups in total. The Labute approximate surface area is 85.1 Å². The first-order valence-corrected chi connectivity index (χ1v) is 5.02. The minimum atomic E-state index is 0.610. The van der Waals surface area contributed by atoms with Gasteiger partial charge in [-0.05, 0) is 24.1 Å². The van der Waals surface area contributed by atoms with Crippen molar-refractivity contribution >= 4 is 27.5 Å². The van der Waals surface area contributed by atoms with Crippen LogP contribution in [-0.4, -0.2) is 5.33 Å². The Morgan fingerprint density at radius 1 is 1.50 bits per heavy atom. The van der Waals surface area contributed by atoms with Crippen LogP contribution in [0, 0.1) is 11.3 Å². The first-order valence-electron chi connectivity index (χ1n) is 3.52. The van der Waals surface area contributed by atoms with E-state index in [0.717, 1.165) is 17.3 Å². The molecule has 3 heteroatoms. The van der Waals surface area contributed by atoms with Gasteiger partial charge >= 0.3 is 0 Å². The summed E-state index contributed by atoms with van der Waals surface area (Å²) in [5.74, 6) is 0. The Morgan fingerprint density at radius 3 is 2.75 bits per heavy atom. The summed E-state index contributed by atoms with van der Waals surface area (Å²) in [5, 5.41) is 10.1. The number of hydrogen-bond acceptors (Lipinski definition) is 1. The highest BCUT2D eigenvalue weighted by atomic mass is 79.9.